The molecule has 3 rings (SSSR count). The molecule has 3 N–H and O–H groups in total. The van der Waals surface area contributed by atoms with Crippen molar-refractivity contribution in [2.24, 2.45) is 0 Å². The van der Waals surface area contributed by atoms with Gasteiger partial charge in [-0.15, -0.1) is 0 Å². The van der Waals surface area contributed by atoms with Crippen LogP contribution >= 0.6 is 0 Å². The van der Waals surface area contributed by atoms with Gasteiger partial charge in [-0.05, 0) is 12.1 Å². The summed E-state index contributed by atoms with van der Waals surface area (Å²) in [4.78, 5) is 36.3. The van der Waals surface area contributed by atoms with Crippen LogP contribution < -0.4 is 21.8 Å². The van der Waals surface area contributed by atoms with E-state index in [4.69, 9.17) is 19.0 Å². The molecular weight excluding hydrogens is 358 g/mol. The Labute approximate surface area is 149 Å². The Morgan fingerprint density at radius 3 is 2.27 bits per heavy atom. The van der Waals surface area contributed by atoms with Gasteiger partial charge in [-0.2, -0.15) is 0 Å². The third-order valence-electron chi connectivity index (χ3n) is 4.22. The molecule has 10 heteroatoms. The molecule has 26 heavy (non-hydrogen) atoms. The molecule has 0 saturated heterocycles. The lowest BCUT2D eigenvalue weighted by molar-refractivity contribution is 0.0879. The third kappa shape index (κ3) is 2.56. The number of hydrogen-bond acceptors (Lipinski definition) is 7. The van der Waals surface area contributed by atoms with Crippen molar-refractivity contribution < 1.29 is 22.9 Å². The van der Waals surface area contributed by atoms with E-state index in [2.05, 4.69) is 5.32 Å². The number of pyridine rings is 1. The summed E-state index contributed by atoms with van der Waals surface area (Å²) in [6.45, 7) is 0. The van der Waals surface area contributed by atoms with Gasteiger partial charge in [0.1, 0.15) is 5.82 Å². The van der Waals surface area contributed by atoms with E-state index in [0.717, 1.165) is 10.6 Å². The molecule has 0 unspecified atom stereocenters. The molecule has 0 saturated carbocycles. The van der Waals surface area contributed by atoms with Crippen molar-refractivity contribution in [1.29, 1.82) is 0 Å². The Kier molecular flexibility index (Phi) is 4.50. The first-order valence-electron chi connectivity index (χ1n) is 7.56. The zero-order chi connectivity index (χ0) is 19.1. The van der Waals surface area contributed by atoms with Crippen LogP contribution in [0.25, 0.3) is 5.69 Å². The van der Waals surface area contributed by atoms with E-state index in [0.29, 0.717) is 10.9 Å². The molecule has 0 fully saturated rings. The summed E-state index contributed by atoms with van der Waals surface area (Å²) in [7, 11) is 1.28. The number of nitrogens with two attached hydrogens (primary N) is 1. The van der Waals surface area contributed by atoms with Crippen molar-refractivity contribution in [3.05, 3.63) is 51.8 Å². The highest BCUT2D eigenvalue weighted by Crippen LogP contribution is 2.22. The zero-order valence-electron chi connectivity index (χ0n) is 14.4. The quantitative estimate of drug-likeness (QED) is 0.528. The van der Waals surface area contributed by atoms with E-state index >= 15 is 0 Å². The molecular formula is C16H17N3O6Si. The predicted octanol–water partition coefficient (Wildman–Crippen LogP) is -0.612. The van der Waals surface area contributed by atoms with E-state index in [-0.39, 0.29) is 16.9 Å². The second-order valence-corrected chi connectivity index (χ2v) is 8.41. The number of benzene rings is 1. The number of amides is 2. The summed E-state index contributed by atoms with van der Waals surface area (Å²) in [5.74, 6) is -1.39. The first-order chi connectivity index (χ1) is 12.4. The summed E-state index contributed by atoms with van der Waals surface area (Å²) in [6, 6.07) is 7.81. The molecule has 0 bridgehead atoms. The van der Waals surface area contributed by atoms with Crippen molar-refractivity contribution in [2.75, 3.05) is 27.1 Å². The topological polar surface area (TPSA) is 122 Å². The maximum absolute atomic E-state index is 12.5. The van der Waals surface area contributed by atoms with E-state index < -0.39 is 26.2 Å². The van der Waals surface area contributed by atoms with Crippen LogP contribution in [0.5, 0.6) is 0 Å². The molecule has 1 aromatic carbocycles. The number of nitrogens with zero attached hydrogens (tertiary/aromatic N) is 1. The van der Waals surface area contributed by atoms with Crippen molar-refractivity contribution in [2.45, 2.75) is 0 Å². The number of imide groups is 1. The summed E-state index contributed by atoms with van der Waals surface area (Å²) >= 11 is 0. The standard InChI is InChI=1S/C16H17N3O6Si/c1-23-26(24-2,25-3)10-6-4-5-9(7-10)19-12(20)8-11-13(14(19)17)16(22)18-15(11)21/h4-8H,17H2,1-3H3,(H,18,21,22). The molecule has 1 aromatic heterocycles. The van der Waals surface area contributed by atoms with Gasteiger partial charge in [0.15, 0.2) is 0 Å². The van der Waals surface area contributed by atoms with Gasteiger partial charge in [-0.1, -0.05) is 12.1 Å². The fourth-order valence-electron chi connectivity index (χ4n) is 2.98. The SMILES string of the molecule is CO[Si](OC)(OC)c1cccc(-n2c(N)c3c(cc2=O)C(=O)NC3=O)c1. The van der Waals surface area contributed by atoms with Crippen LogP contribution in [0.2, 0.25) is 0 Å². The molecule has 0 atom stereocenters. The van der Waals surface area contributed by atoms with Crippen molar-refractivity contribution in [3.63, 3.8) is 0 Å². The maximum atomic E-state index is 12.5. The first-order valence-corrected chi connectivity index (χ1v) is 9.28. The van der Waals surface area contributed by atoms with E-state index in [1.54, 1.807) is 24.3 Å². The molecule has 0 spiro atoms. The Bertz CT molecular complexity index is 959. The number of carbonyl (C=O) groups is 2. The first kappa shape index (κ1) is 18.0. The number of anilines is 1. The number of hydrogen-bond donors (Lipinski definition) is 2. The van der Waals surface area contributed by atoms with E-state index in [1.165, 1.54) is 21.3 Å². The predicted molar refractivity (Wildman–Crippen MR) is 94.7 cm³/mol. The highest BCUT2D eigenvalue weighted by Gasteiger charge is 2.41. The number of rotatable bonds is 5. The van der Waals surface area contributed by atoms with Crippen LogP contribution in [-0.4, -0.2) is 46.5 Å². The van der Waals surface area contributed by atoms with Gasteiger partial charge in [0.05, 0.1) is 16.8 Å². The highest BCUT2D eigenvalue weighted by molar-refractivity contribution is 6.75. The van der Waals surface area contributed by atoms with Gasteiger partial charge >= 0.3 is 8.80 Å². The van der Waals surface area contributed by atoms with Gasteiger partial charge in [0.25, 0.3) is 17.4 Å². The lowest BCUT2D eigenvalue weighted by Gasteiger charge is -2.25. The Morgan fingerprint density at radius 1 is 1.00 bits per heavy atom. The van der Waals surface area contributed by atoms with Crippen molar-refractivity contribution >= 4 is 31.6 Å². The van der Waals surface area contributed by atoms with E-state index in [1.807, 2.05) is 0 Å². The molecule has 1 aliphatic rings. The smallest absolute Gasteiger partial charge is 0.384 e. The minimum atomic E-state index is -3.13. The number of nitrogens with one attached hydrogen (secondary N) is 1. The van der Waals surface area contributed by atoms with Crippen LogP contribution in [0.1, 0.15) is 20.7 Å². The minimum Gasteiger partial charge on any atom is -0.384 e. The number of fused-ring (bicyclic) bond motifs is 1. The largest absolute Gasteiger partial charge is 0.536 e. The molecule has 0 radical (unpaired) electrons. The van der Waals surface area contributed by atoms with Crippen molar-refractivity contribution in [1.82, 2.24) is 9.88 Å². The van der Waals surface area contributed by atoms with Crippen LogP contribution in [0.4, 0.5) is 5.82 Å². The molecule has 1 aliphatic heterocycles. The van der Waals surface area contributed by atoms with Crippen molar-refractivity contribution in [3.8, 4) is 5.69 Å². The minimum absolute atomic E-state index is 0.0197. The fraction of sp³-hybridized carbons (Fsp3) is 0.188. The van der Waals surface area contributed by atoms with Gasteiger partial charge in [-0.3, -0.25) is 24.3 Å². The monoisotopic (exact) mass is 375 g/mol. The van der Waals surface area contributed by atoms with Crippen LogP contribution in [0, 0.1) is 0 Å². The Morgan fingerprint density at radius 2 is 1.65 bits per heavy atom. The van der Waals surface area contributed by atoms with Crippen LogP contribution in [0.15, 0.2) is 35.1 Å². The normalized spacial score (nSPS) is 13.7. The molecule has 2 amide bonds. The summed E-state index contributed by atoms with van der Waals surface area (Å²) in [6.07, 6.45) is 0. The van der Waals surface area contributed by atoms with Gasteiger partial charge in [-0.25, -0.2) is 0 Å². The van der Waals surface area contributed by atoms with Crippen LogP contribution in [-0.2, 0) is 13.3 Å². The maximum Gasteiger partial charge on any atom is 0.536 e. The highest BCUT2D eigenvalue weighted by atomic mass is 28.4. The lowest BCUT2D eigenvalue weighted by Crippen LogP contribution is -2.54. The number of nitrogen functional groups attached to an aromatic ring is 1. The molecule has 9 nitrogen and oxygen atoms in total. The third-order valence-corrected chi connectivity index (χ3v) is 6.85. The summed E-state index contributed by atoms with van der Waals surface area (Å²) < 4.78 is 17.5. The molecule has 2 heterocycles. The molecule has 2 aromatic rings. The Balaban J connectivity index is 2.22. The fourth-order valence-corrected chi connectivity index (χ4v) is 4.82. The average Bonchev–Trinajstić information content (AvgIpc) is 2.91. The van der Waals surface area contributed by atoms with Gasteiger partial charge in [0, 0.05) is 32.6 Å². The second-order valence-electron chi connectivity index (χ2n) is 5.49. The summed E-state index contributed by atoms with van der Waals surface area (Å²) in [5, 5.41) is 2.74. The van der Waals surface area contributed by atoms with Crippen LogP contribution in [0.3, 0.4) is 0 Å². The Hall–Kier alpha value is -2.79. The zero-order valence-corrected chi connectivity index (χ0v) is 15.4. The summed E-state index contributed by atoms with van der Waals surface area (Å²) in [5.41, 5.74) is 5.85. The molecule has 0 aliphatic carbocycles. The number of carbonyl (C=O) groups excluding carboxylic acids is 2. The van der Waals surface area contributed by atoms with E-state index in [9.17, 15) is 14.4 Å². The number of aromatic nitrogens is 1. The lowest BCUT2D eigenvalue weighted by atomic mass is 10.1. The molecule has 136 valence electrons. The second kappa shape index (κ2) is 6.50. The average molecular weight is 375 g/mol. The van der Waals surface area contributed by atoms with Gasteiger partial charge < -0.3 is 19.0 Å². The van der Waals surface area contributed by atoms with Gasteiger partial charge in [0.2, 0.25) is 0 Å².